The maximum Gasteiger partial charge on any atom is 0.165 e. The van der Waals surface area contributed by atoms with Crippen molar-refractivity contribution < 1.29 is 9.50 Å². The summed E-state index contributed by atoms with van der Waals surface area (Å²) in [6, 6.07) is 13.2. The molecule has 0 unspecified atom stereocenters. The molecule has 0 fully saturated rings. The average molecular weight is 299 g/mol. The topological polar surface area (TPSA) is 33.1 Å². The van der Waals surface area contributed by atoms with E-state index in [2.05, 4.69) is 4.98 Å². The highest BCUT2D eigenvalue weighted by Crippen LogP contribution is 2.30. The number of hydrogen-bond acceptors (Lipinski definition) is 3. The summed E-state index contributed by atoms with van der Waals surface area (Å²) in [7, 11) is 0. The lowest BCUT2D eigenvalue weighted by molar-refractivity contribution is 0.428. The molecule has 0 aliphatic heterocycles. The second kappa shape index (κ2) is 5.74. The van der Waals surface area contributed by atoms with Gasteiger partial charge in [0.15, 0.2) is 11.6 Å². The smallest absolute Gasteiger partial charge is 0.165 e. The van der Waals surface area contributed by atoms with Gasteiger partial charge in [-0.25, -0.2) is 4.39 Å². The minimum atomic E-state index is -0.568. The van der Waals surface area contributed by atoms with E-state index in [4.69, 9.17) is 0 Å². The predicted molar refractivity (Wildman–Crippen MR) is 84.1 cm³/mol. The van der Waals surface area contributed by atoms with Crippen molar-refractivity contribution in [2.24, 2.45) is 0 Å². The van der Waals surface area contributed by atoms with Crippen LogP contribution in [0.3, 0.4) is 0 Å². The minimum absolute atomic E-state index is 0.268. The molecule has 0 spiro atoms. The number of aromatic nitrogens is 1. The van der Waals surface area contributed by atoms with E-state index < -0.39 is 5.82 Å². The van der Waals surface area contributed by atoms with Crippen LogP contribution in [-0.2, 0) is 5.75 Å². The van der Waals surface area contributed by atoms with Crippen LogP contribution in [0.2, 0.25) is 0 Å². The number of benzene rings is 2. The first-order chi connectivity index (χ1) is 10.1. The Balaban J connectivity index is 1.87. The summed E-state index contributed by atoms with van der Waals surface area (Å²) in [6.45, 7) is 1.70. The number of rotatable bonds is 3. The van der Waals surface area contributed by atoms with Crippen molar-refractivity contribution >= 4 is 22.7 Å². The summed E-state index contributed by atoms with van der Waals surface area (Å²) in [5.74, 6) is -0.203. The van der Waals surface area contributed by atoms with Crippen molar-refractivity contribution in [2.75, 3.05) is 0 Å². The zero-order valence-corrected chi connectivity index (χ0v) is 12.3. The quantitative estimate of drug-likeness (QED) is 0.713. The number of fused-ring (bicyclic) bond motifs is 1. The first kappa shape index (κ1) is 13.9. The summed E-state index contributed by atoms with van der Waals surface area (Å²) in [5.41, 5.74) is 2.36. The lowest BCUT2D eigenvalue weighted by atomic mass is 10.1. The second-order valence-electron chi connectivity index (χ2n) is 4.86. The molecular formula is C17H14FNOS. The number of hydrogen-bond donors (Lipinski definition) is 1. The van der Waals surface area contributed by atoms with Gasteiger partial charge < -0.3 is 5.11 Å². The fourth-order valence-corrected chi connectivity index (χ4v) is 3.22. The van der Waals surface area contributed by atoms with Crippen LogP contribution in [0.4, 0.5) is 4.39 Å². The molecule has 2 nitrogen and oxygen atoms in total. The van der Waals surface area contributed by atoms with Gasteiger partial charge in [0.05, 0.1) is 5.52 Å². The number of phenols is 1. The number of aromatic hydroxyl groups is 1. The number of pyridine rings is 1. The maximum absolute atomic E-state index is 13.5. The molecule has 0 atom stereocenters. The Morgan fingerprint density at radius 2 is 2.00 bits per heavy atom. The second-order valence-corrected chi connectivity index (χ2v) is 5.88. The molecule has 3 aromatic rings. The van der Waals surface area contributed by atoms with Crippen LogP contribution < -0.4 is 0 Å². The van der Waals surface area contributed by atoms with Crippen LogP contribution in [0.15, 0.2) is 53.6 Å². The van der Waals surface area contributed by atoms with E-state index >= 15 is 0 Å². The Labute approximate surface area is 126 Å². The molecule has 0 radical (unpaired) electrons. The number of para-hydroxylation sites is 1. The van der Waals surface area contributed by atoms with Gasteiger partial charge in [-0.2, -0.15) is 0 Å². The molecule has 2 aromatic carbocycles. The predicted octanol–water partition coefficient (Wildman–Crippen LogP) is 4.68. The number of phenolic OH excluding ortho intramolecular Hbond substituents is 1. The monoisotopic (exact) mass is 299 g/mol. The molecule has 0 aliphatic carbocycles. The summed E-state index contributed by atoms with van der Waals surface area (Å²) >= 11 is 1.62. The zero-order valence-electron chi connectivity index (χ0n) is 11.5. The van der Waals surface area contributed by atoms with Crippen LogP contribution in [0.1, 0.15) is 11.1 Å². The van der Waals surface area contributed by atoms with Crippen LogP contribution in [0.5, 0.6) is 5.75 Å². The Morgan fingerprint density at radius 1 is 1.19 bits per heavy atom. The lowest BCUT2D eigenvalue weighted by Crippen LogP contribution is -1.88. The molecule has 0 saturated heterocycles. The van der Waals surface area contributed by atoms with Crippen molar-refractivity contribution in [2.45, 2.75) is 17.6 Å². The molecule has 4 heteroatoms. The van der Waals surface area contributed by atoms with Crippen LogP contribution in [0, 0.1) is 12.7 Å². The largest absolute Gasteiger partial charge is 0.505 e. The summed E-state index contributed by atoms with van der Waals surface area (Å²) in [6.07, 6.45) is 1.77. The Bertz CT molecular complexity index is 775. The Morgan fingerprint density at radius 3 is 2.81 bits per heavy atom. The number of nitrogens with zero attached hydrogens (tertiary/aromatic N) is 1. The number of halogens is 1. The number of aryl methyl sites for hydroxylation is 1. The minimum Gasteiger partial charge on any atom is -0.505 e. The Kier molecular flexibility index (Phi) is 3.80. The highest BCUT2D eigenvalue weighted by Gasteiger charge is 2.08. The molecule has 0 saturated carbocycles. The van der Waals surface area contributed by atoms with Gasteiger partial charge in [0, 0.05) is 22.2 Å². The summed E-state index contributed by atoms with van der Waals surface area (Å²) < 4.78 is 13.5. The van der Waals surface area contributed by atoms with Gasteiger partial charge in [-0.3, -0.25) is 4.98 Å². The molecule has 1 N–H and O–H groups in total. The third-order valence-corrected chi connectivity index (χ3v) is 4.42. The van der Waals surface area contributed by atoms with Crippen molar-refractivity contribution in [3.8, 4) is 5.75 Å². The summed E-state index contributed by atoms with van der Waals surface area (Å²) in [5, 5.41) is 10.6. The molecule has 1 aromatic heterocycles. The van der Waals surface area contributed by atoms with E-state index in [9.17, 15) is 9.50 Å². The van der Waals surface area contributed by atoms with Crippen molar-refractivity contribution in [3.05, 3.63) is 65.6 Å². The van der Waals surface area contributed by atoms with Crippen LogP contribution in [0.25, 0.3) is 10.9 Å². The van der Waals surface area contributed by atoms with Gasteiger partial charge in [-0.15, -0.1) is 11.8 Å². The molecule has 21 heavy (non-hydrogen) atoms. The molecule has 0 bridgehead atoms. The normalized spacial score (nSPS) is 11.0. The van der Waals surface area contributed by atoms with Crippen molar-refractivity contribution in [1.82, 2.24) is 4.98 Å². The van der Waals surface area contributed by atoms with Gasteiger partial charge in [-0.05, 0) is 36.2 Å². The zero-order chi connectivity index (χ0) is 14.8. The van der Waals surface area contributed by atoms with Crippen molar-refractivity contribution in [1.29, 1.82) is 0 Å². The van der Waals surface area contributed by atoms with Crippen LogP contribution >= 0.6 is 11.8 Å². The fourth-order valence-electron chi connectivity index (χ4n) is 2.24. The van der Waals surface area contributed by atoms with Gasteiger partial charge in [0.25, 0.3) is 0 Å². The fraction of sp³-hybridized carbons (Fsp3) is 0.118. The van der Waals surface area contributed by atoms with E-state index in [1.807, 2.05) is 36.4 Å². The van der Waals surface area contributed by atoms with E-state index in [-0.39, 0.29) is 5.75 Å². The first-order valence-electron chi connectivity index (χ1n) is 6.59. The van der Waals surface area contributed by atoms with E-state index in [1.54, 1.807) is 24.9 Å². The van der Waals surface area contributed by atoms with E-state index in [1.165, 1.54) is 6.07 Å². The first-order valence-corrected chi connectivity index (χ1v) is 7.58. The molecule has 0 amide bonds. The number of thioether (sulfide) groups is 1. The molecule has 0 aliphatic rings. The van der Waals surface area contributed by atoms with Crippen LogP contribution in [-0.4, -0.2) is 10.1 Å². The van der Waals surface area contributed by atoms with Gasteiger partial charge in [0.2, 0.25) is 0 Å². The average Bonchev–Trinajstić information content (AvgIpc) is 2.50. The third kappa shape index (κ3) is 2.85. The SMILES string of the molecule is Cc1cc(CSc2cccc3cccnc23)cc(F)c1O. The molecular weight excluding hydrogens is 285 g/mol. The summed E-state index contributed by atoms with van der Waals surface area (Å²) in [4.78, 5) is 5.48. The lowest BCUT2D eigenvalue weighted by Gasteiger charge is -2.07. The maximum atomic E-state index is 13.5. The van der Waals surface area contributed by atoms with E-state index in [0.717, 1.165) is 21.4 Å². The van der Waals surface area contributed by atoms with Gasteiger partial charge >= 0.3 is 0 Å². The Hall–Kier alpha value is -2.07. The van der Waals surface area contributed by atoms with Gasteiger partial charge in [-0.1, -0.05) is 24.3 Å². The highest BCUT2D eigenvalue weighted by molar-refractivity contribution is 7.98. The standard InChI is InChI=1S/C17H14FNOS/c1-11-8-12(9-14(18)17(11)20)10-21-15-6-2-4-13-5-3-7-19-16(13)15/h2-9,20H,10H2,1H3. The van der Waals surface area contributed by atoms with Gasteiger partial charge in [0.1, 0.15) is 0 Å². The van der Waals surface area contributed by atoms with E-state index in [0.29, 0.717) is 11.3 Å². The third-order valence-electron chi connectivity index (χ3n) is 3.30. The molecule has 106 valence electrons. The highest BCUT2D eigenvalue weighted by atomic mass is 32.2. The van der Waals surface area contributed by atoms with Crippen molar-refractivity contribution in [3.63, 3.8) is 0 Å². The molecule has 1 heterocycles. The molecule has 3 rings (SSSR count).